The summed E-state index contributed by atoms with van der Waals surface area (Å²) >= 11 is 20.4. The lowest BCUT2D eigenvalue weighted by atomic mass is 10.0. The second-order valence-electron chi connectivity index (χ2n) is 4.73. The number of hydrogen-bond donors (Lipinski definition) is 1. The molecule has 10 heteroatoms. The van der Waals surface area contributed by atoms with Gasteiger partial charge in [0.25, 0.3) is 5.69 Å². The topological polar surface area (TPSA) is 82.0 Å². The molecule has 0 aliphatic carbocycles. The first-order chi connectivity index (χ1) is 11.3. The molecule has 24 heavy (non-hydrogen) atoms. The highest BCUT2D eigenvalue weighted by Crippen LogP contribution is 2.51. The molecule has 1 heterocycles. The molecule has 0 saturated heterocycles. The van der Waals surface area contributed by atoms with Crippen LogP contribution in [0.3, 0.4) is 0 Å². The van der Waals surface area contributed by atoms with Crippen molar-refractivity contribution in [3.8, 4) is 11.3 Å². The highest BCUT2D eigenvalue weighted by atomic mass is 35.6. The molecular weight excluding hydrogens is 413 g/mol. The van der Waals surface area contributed by atoms with Gasteiger partial charge in [0.2, 0.25) is 3.79 Å². The van der Waals surface area contributed by atoms with Gasteiger partial charge in [-0.2, -0.15) is 4.37 Å². The predicted octanol–water partition coefficient (Wildman–Crippen LogP) is 5.66. The van der Waals surface area contributed by atoms with Gasteiger partial charge in [0.05, 0.1) is 20.9 Å². The number of benzene rings is 2. The summed E-state index contributed by atoms with van der Waals surface area (Å²) in [5, 5.41) is 18.0. The highest BCUT2D eigenvalue weighted by Gasteiger charge is 2.36. The highest BCUT2D eigenvalue weighted by molar-refractivity contribution is 7.97. The molecule has 2 N–H and O–H groups in total. The third kappa shape index (κ3) is 3.08. The van der Waals surface area contributed by atoms with E-state index in [0.29, 0.717) is 10.6 Å². The summed E-state index contributed by atoms with van der Waals surface area (Å²) in [6, 6.07) is 10.2. The Hall–Kier alpha value is -1.09. The van der Waals surface area contributed by atoms with Crippen LogP contribution in [-0.2, 0) is 3.79 Å². The minimum Gasteiger partial charge on any atom is -0.274 e. The Bertz CT molecular complexity index is 941. The number of rotatable bonds is 3. The number of alkyl halides is 3. The Kier molecular flexibility index (Phi) is 4.92. The van der Waals surface area contributed by atoms with Gasteiger partial charge in [-0.25, -0.2) is 0 Å². The molecule has 3 rings (SSSR count). The van der Waals surface area contributed by atoms with Crippen molar-refractivity contribution in [1.82, 2.24) is 4.37 Å². The molecule has 0 aliphatic heterocycles. The van der Waals surface area contributed by atoms with Gasteiger partial charge in [0.1, 0.15) is 0 Å². The summed E-state index contributed by atoms with van der Waals surface area (Å²) < 4.78 is 3.35. The molecule has 1 aromatic heterocycles. The quantitative estimate of drug-likeness (QED) is 0.256. The number of aromatic nitrogens is 1. The van der Waals surface area contributed by atoms with Crippen molar-refractivity contribution in [1.29, 1.82) is 0 Å². The van der Waals surface area contributed by atoms with Crippen LogP contribution in [0, 0.1) is 10.1 Å². The summed E-state index contributed by atoms with van der Waals surface area (Å²) in [4.78, 5) is 11.5. The van der Waals surface area contributed by atoms with Crippen LogP contribution in [0.1, 0.15) is 5.56 Å². The van der Waals surface area contributed by atoms with Gasteiger partial charge in [-0.3, -0.25) is 15.3 Å². The number of halogens is 3. The fourth-order valence-electron chi connectivity index (χ4n) is 2.41. The molecular formula is C14H8Cl3N3O2S2. The van der Waals surface area contributed by atoms with Crippen LogP contribution >= 0.6 is 58.3 Å². The van der Waals surface area contributed by atoms with E-state index < -0.39 is 8.72 Å². The van der Waals surface area contributed by atoms with Crippen molar-refractivity contribution in [2.24, 2.45) is 5.14 Å². The number of nitro benzene ring substituents is 1. The zero-order chi connectivity index (χ0) is 17.5. The lowest BCUT2D eigenvalue weighted by Crippen LogP contribution is -2.09. The molecule has 124 valence electrons. The molecule has 0 aliphatic rings. The second-order valence-corrected chi connectivity index (χ2v) is 8.49. The molecule has 2 aromatic carbocycles. The van der Waals surface area contributed by atoms with Gasteiger partial charge in [-0.15, -0.1) is 0 Å². The smallest absolute Gasteiger partial charge is 0.274 e. The van der Waals surface area contributed by atoms with Crippen molar-refractivity contribution in [3.63, 3.8) is 0 Å². The van der Waals surface area contributed by atoms with Crippen LogP contribution in [-0.4, -0.2) is 9.30 Å². The average Bonchev–Trinajstić information content (AvgIpc) is 2.96. The van der Waals surface area contributed by atoms with Gasteiger partial charge in [-0.1, -0.05) is 53.0 Å². The Morgan fingerprint density at radius 1 is 1.21 bits per heavy atom. The Morgan fingerprint density at radius 2 is 1.92 bits per heavy atom. The summed E-state index contributed by atoms with van der Waals surface area (Å²) in [5.41, 5.74) is 0.544. The maximum Gasteiger partial charge on any atom is 0.279 e. The zero-order valence-electron chi connectivity index (χ0n) is 11.7. The largest absolute Gasteiger partial charge is 0.279 e. The number of nitro groups is 1. The van der Waals surface area contributed by atoms with E-state index in [-0.39, 0.29) is 16.8 Å². The van der Waals surface area contributed by atoms with Crippen LogP contribution in [0.15, 0.2) is 41.3 Å². The number of nitrogens with two attached hydrogens (primary N) is 1. The first-order valence-electron chi connectivity index (χ1n) is 6.44. The van der Waals surface area contributed by atoms with Crippen LogP contribution in [0.25, 0.3) is 21.3 Å². The number of nitrogens with zero attached hydrogens (tertiary/aromatic N) is 2. The van der Waals surface area contributed by atoms with E-state index in [1.165, 1.54) is 23.7 Å². The van der Waals surface area contributed by atoms with Crippen molar-refractivity contribution in [2.75, 3.05) is 0 Å². The van der Waals surface area contributed by atoms with E-state index in [9.17, 15) is 10.1 Å². The predicted molar refractivity (Wildman–Crippen MR) is 101 cm³/mol. The molecule has 0 amide bonds. The van der Waals surface area contributed by atoms with E-state index in [4.69, 9.17) is 39.9 Å². The second kappa shape index (κ2) is 6.67. The van der Waals surface area contributed by atoms with Gasteiger partial charge < -0.3 is 0 Å². The molecule has 0 fully saturated rings. The van der Waals surface area contributed by atoms with Crippen LogP contribution in [0.4, 0.5) is 5.69 Å². The third-order valence-corrected chi connectivity index (χ3v) is 5.35. The molecule has 0 radical (unpaired) electrons. The van der Waals surface area contributed by atoms with Crippen LogP contribution in [0.5, 0.6) is 0 Å². The van der Waals surface area contributed by atoms with E-state index >= 15 is 0 Å². The SMILES string of the molecule is NSc1ccc([N+](=O)[O-])c(-c2nsc3ccccc23)c1C(Cl)(Cl)Cl. The van der Waals surface area contributed by atoms with E-state index in [0.717, 1.165) is 22.0 Å². The lowest BCUT2D eigenvalue weighted by Gasteiger charge is -2.19. The minimum atomic E-state index is -1.90. The number of hydrogen-bond acceptors (Lipinski definition) is 6. The number of fused-ring (bicyclic) bond motifs is 1. The lowest BCUT2D eigenvalue weighted by molar-refractivity contribution is -0.384. The van der Waals surface area contributed by atoms with E-state index in [2.05, 4.69) is 4.37 Å². The first-order valence-corrected chi connectivity index (χ1v) is 9.23. The maximum atomic E-state index is 11.5. The third-order valence-electron chi connectivity index (χ3n) is 3.37. The molecule has 0 saturated carbocycles. The molecule has 0 unspecified atom stereocenters. The van der Waals surface area contributed by atoms with Gasteiger partial charge in [0.15, 0.2) is 0 Å². The maximum absolute atomic E-state index is 11.5. The normalized spacial score (nSPS) is 11.8. The molecule has 5 nitrogen and oxygen atoms in total. The van der Waals surface area contributed by atoms with E-state index in [1.807, 2.05) is 24.3 Å². The van der Waals surface area contributed by atoms with Crippen molar-refractivity contribution in [2.45, 2.75) is 8.69 Å². The van der Waals surface area contributed by atoms with Gasteiger partial charge >= 0.3 is 0 Å². The first kappa shape index (κ1) is 17.7. The van der Waals surface area contributed by atoms with Crippen LogP contribution < -0.4 is 5.14 Å². The van der Waals surface area contributed by atoms with Gasteiger partial charge in [-0.05, 0) is 35.6 Å². The minimum absolute atomic E-state index is 0.158. The van der Waals surface area contributed by atoms with E-state index in [1.54, 1.807) is 0 Å². The molecule has 3 aromatic rings. The average molecular weight is 421 g/mol. The Labute approximate surface area is 160 Å². The zero-order valence-corrected chi connectivity index (χ0v) is 15.6. The summed E-state index contributed by atoms with van der Waals surface area (Å²) in [7, 11) is 0. The fourth-order valence-corrected chi connectivity index (χ4v) is 4.47. The van der Waals surface area contributed by atoms with Gasteiger partial charge in [0, 0.05) is 21.9 Å². The van der Waals surface area contributed by atoms with Crippen molar-refractivity contribution < 1.29 is 4.92 Å². The molecule has 0 atom stereocenters. The summed E-state index contributed by atoms with van der Waals surface area (Å²) in [5.74, 6) is 0. The fraction of sp³-hybridized carbons (Fsp3) is 0.0714. The van der Waals surface area contributed by atoms with Crippen molar-refractivity contribution in [3.05, 3.63) is 52.1 Å². The Balaban J connectivity index is 2.46. The molecule has 0 bridgehead atoms. The standard InChI is InChI=1S/C14H8Cl3N3O2S2/c15-14(16,17)12-10(23-18)6-5-8(20(21)22)11(12)13-7-3-1-2-4-9(7)24-19-13/h1-6H,18H2. The summed E-state index contributed by atoms with van der Waals surface area (Å²) in [6.07, 6.45) is 0. The molecule has 0 spiro atoms. The van der Waals surface area contributed by atoms with Crippen molar-refractivity contribution >= 4 is 74.1 Å². The Morgan fingerprint density at radius 3 is 2.54 bits per heavy atom. The van der Waals surface area contributed by atoms with Crippen LogP contribution in [0.2, 0.25) is 0 Å². The summed E-state index contributed by atoms with van der Waals surface area (Å²) in [6.45, 7) is 0. The monoisotopic (exact) mass is 419 g/mol.